The zero-order valence-corrected chi connectivity index (χ0v) is 14.3. The van der Waals surface area contributed by atoms with Crippen molar-refractivity contribution in [3.05, 3.63) is 0 Å². The van der Waals surface area contributed by atoms with Crippen molar-refractivity contribution in [2.45, 2.75) is 51.0 Å². The number of hydrogen-bond donors (Lipinski definition) is 0. The summed E-state index contributed by atoms with van der Waals surface area (Å²) >= 11 is 3.72. The quantitative estimate of drug-likeness (QED) is 0.577. The van der Waals surface area contributed by atoms with E-state index in [9.17, 15) is 8.42 Å². The van der Waals surface area contributed by atoms with Crippen LogP contribution < -0.4 is 0 Å². The molecule has 1 saturated carbocycles. The smallest absolute Gasteiger partial charge is 0.151 e. The van der Waals surface area contributed by atoms with Crippen LogP contribution in [0.15, 0.2) is 0 Å². The molecule has 0 aromatic carbocycles. The fourth-order valence-corrected chi connectivity index (χ4v) is 6.14. The van der Waals surface area contributed by atoms with E-state index in [1.165, 1.54) is 38.5 Å². The van der Waals surface area contributed by atoms with Crippen molar-refractivity contribution in [3.8, 4) is 0 Å². The number of rotatable bonds is 4. The Morgan fingerprint density at radius 2 is 1.84 bits per heavy atom. The maximum atomic E-state index is 11.6. The van der Waals surface area contributed by atoms with Crippen molar-refractivity contribution in [2.75, 3.05) is 30.4 Å². The second-order valence-corrected chi connectivity index (χ2v) is 9.31. The molecule has 1 heterocycles. The lowest BCUT2D eigenvalue weighted by atomic mass is 9.81. The highest BCUT2D eigenvalue weighted by Gasteiger charge is 2.36. The molecule has 1 atom stereocenters. The molecule has 2 rings (SSSR count). The average molecular weight is 352 g/mol. The largest absolute Gasteiger partial charge is 0.302 e. The molecule has 0 aromatic heterocycles. The first-order chi connectivity index (χ1) is 8.96. The van der Waals surface area contributed by atoms with Gasteiger partial charge in [0.2, 0.25) is 0 Å². The van der Waals surface area contributed by atoms with Gasteiger partial charge in [-0.2, -0.15) is 0 Å². The van der Waals surface area contributed by atoms with Gasteiger partial charge in [0.05, 0.1) is 11.5 Å². The Morgan fingerprint density at radius 3 is 2.32 bits per heavy atom. The Kier molecular flexibility index (Phi) is 5.34. The molecule has 0 spiro atoms. The van der Waals surface area contributed by atoms with Crippen molar-refractivity contribution < 1.29 is 8.42 Å². The number of alkyl halides is 1. The van der Waals surface area contributed by atoms with Gasteiger partial charge in [0.15, 0.2) is 9.84 Å². The number of hydrogen-bond acceptors (Lipinski definition) is 3. The molecular weight excluding hydrogens is 326 g/mol. The lowest BCUT2D eigenvalue weighted by Crippen LogP contribution is -2.42. The van der Waals surface area contributed by atoms with E-state index in [1.54, 1.807) is 0 Å². The van der Waals surface area contributed by atoms with Gasteiger partial charge in [0.1, 0.15) is 0 Å². The Bertz CT molecular complexity index is 388. The molecule has 1 aliphatic heterocycles. The maximum absolute atomic E-state index is 11.6. The van der Waals surface area contributed by atoms with Crippen LogP contribution in [0.25, 0.3) is 0 Å². The van der Waals surface area contributed by atoms with Crippen LogP contribution in [0.2, 0.25) is 0 Å². The van der Waals surface area contributed by atoms with Gasteiger partial charge in [-0.3, -0.25) is 0 Å². The predicted octanol–water partition coefficient (Wildman–Crippen LogP) is 2.84. The Hall–Kier alpha value is 0.390. The molecule has 0 amide bonds. The molecule has 2 fully saturated rings. The zero-order chi connectivity index (χ0) is 13.9. The Morgan fingerprint density at radius 1 is 1.21 bits per heavy atom. The summed E-state index contributed by atoms with van der Waals surface area (Å²) in [5.41, 5.74) is 0.359. The minimum Gasteiger partial charge on any atom is -0.302 e. The molecule has 2 aliphatic rings. The van der Waals surface area contributed by atoms with Crippen molar-refractivity contribution in [3.63, 3.8) is 0 Å². The second-order valence-electron chi connectivity index (χ2n) is 6.52. The van der Waals surface area contributed by atoms with E-state index in [-0.39, 0.29) is 6.04 Å². The van der Waals surface area contributed by atoms with E-state index >= 15 is 0 Å². The summed E-state index contributed by atoms with van der Waals surface area (Å²) in [7, 11) is -0.656. The van der Waals surface area contributed by atoms with Gasteiger partial charge < -0.3 is 4.90 Å². The summed E-state index contributed by atoms with van der Waals surface area (Å²) in [5, 5.41) is 1.05. The van der Waals surface area contributed by atoms with Gasteiger partial charge in [0, 0.05) is 17.9 Å². The first kappa shape index (κ1) is 15.8. The first-order valence-electron chi connectivity index (χ1n) is 7.43. The lowest BCUT2D eigenvalue weighted by molar-refractivity contribution is 0.146. The summed E-state index contributed by atoms with van der Waals surface area (Å²) in [5.74, 6) is 0.741. The third-order valence-corrected chi connectivity index (χ3v) is 7.80. The Labute approximate surface area is 126 Å². The van der Waals surface area contributed by atoms with Gasteiger partial charge >= 0.3 is 0 Å². The van der Waals surface area contributed by atoms with Gasteiger partial charge in [-0.25, -0.2) is 8.42 Å². The lowest BCUT2D eigenvalue weighted by Gasteiger charge is -2.37. The molecule has 112 valence electrons. The van der Waals surface area contributed by atoms with E-state index in [1.807, 2.05) is 0 Å². The van der Waals surface area contributed by atoms with Crippen LogP contribution in [-0.4, -0.2) is 49.8 Å². The van der Waals surface area contributed by atoms with Crippen LogP contribution in [0.4, 0.5) is 0 Å². The maximum Gasteiger partial charge on any atom is 0.151 e. The van der Waals surface area contributed by atoms with Crippen LogP contribution in [0.5, 0.6) is 0 Å². The van der Waals surface area contributed by atoms with Crippen LogP contribution in [0, 0.1) is 5.41 Å². The fraction of sp³-hybridized carbons (Fsp3) is 1.00. The van der Waals surface area contributed by atoms with Gasteiger partial charge in [-0.1, -0.05) is 41.6 Å². The topological polar surface area (TPSA) is 37.4 Å². The predicted molar refractivity (Wildman–Crippen MR) is 83.6 cm³/mol. The summed E-state index contributed by atoms with van der Waals surface area (Å²) in [6.07, 6.45) is 8.73. The van der Waals surface area contributed by atoms with Crippen molar-refractivity contribution in [1.82, 2.24) is 4.90 Å². The van der Waals surface area contributed by atoms with Crippen LogP contribution in [0.1, 0.15) is 44.9 Å². The molecule has 0 aromatic rings. The highest BCUT2D eigenvalue weighted by Crippen LogP contribution is 2.38. The minimum atomic E-state index is -2.77. The van der Waals surface area contributed by atoms with Crippen molar-refractivity contribution in [1.29, 1.82) is 0 Å². The molecule has 0 radical (unpaired) electrons. The third-order valence-electron chi connectivity index (χ3n) is 4.86. The molecular formula is C14H26BrNO2S. The average Bonchev–Trinajstić information content (AvgIpc) is 2.60. The van der Waals surface area contributed by atoms with Gasteiger partial charge in [-0.05, 0) is 31.7 Å². The normalized spacial score (nSPS) is 30.4. The van der Waals surface area contributed by atoms with Crippen molar-refractivity contribution >= 4 is 25.8 Å². The first-order valence-corrected chi connectivity index (χ1v) is 10.4. The molecule has 19 heavy (non-hydrogen) atoms. The number of halogens is 1. The van der Waals surface area contributed by atoms with Crippen LogP contribution in [0.3, 0.4) is 0 Å². The van der Waals surface area contributed by atoms with E-state index in [2.05, 4.69) is 27.9 Å². The number of nitrogens with zero attached hydrogens (tertiary/aromatic N) is 1. The standard InChI is InChI=1S/C14H26BrNO2S/c1-16(13-6-9-19(17,18)10-13)12-14(11-15)7-4-2-3-5-8-14/h13H,2-12H2,1H3. The second kappa shape index (κ2) is 6.44. The van der Waals surface area contributed by atoms with Gasteiger partial charge in [0.25, 0.3) is 0 Å². The summed E-state index contributed by atoms with van der Waals surface area (Å²) in [4.78, 5) is 2.32. The minimum absolute atomic E-state index is 0.240. The zero-order valence-electron chi connectivity index (χ0n) is 11.9. The van der Waals surface area contributed by atoms with E-state index in [0.717, 1.165) is 18.3 Å². The van der Waals surface area contributed by atoms with Crippen molar-refractivity contribution in [2.24, 2.45) is 5.41 Å². The highest BCUT2D eigenvalue weighted by molar-refractivity contribution is 9.09. The molecule has 1 saturated heterocycles. The fourth-order valence-electron chi connectivity index (χ4n) is 3.59. The molecule has 5 heteroatoms. The van der Waals surface area contributed by atoms with E-state index < -0.39 is 9.84 Å². The SMILES string of the molecule is CN(CC1(CBr)CCCCCC1)C1CCS(=O)(=O)C1. The molecule has 0 N–H and O–H groups in total. The number of sulfone groups is 1. The Balaban J connectivity index is 1.97. The van der Waals surface area contributed by atoms with Crippen LogP contribution >= 0.6 is 15.9 Å². The molecule has 1 aliphatic carbocycles. The summed E-state index contributed by atoms with van der Waals surface area (Å²) < 4.78 is 23.2. The third kappa shape index (κ3) is 4.18. The van der Waals surface area contributed by atoms with E-state index in [4.69, 9.17) is 0 Å². The van der Waals surface area contributed by atoms with Gasteiger partial charge in [-0.15, -0.1) is 0 Å². The van der Waals surface area contributed by atoms with E-state index in [0.29, 0.717) is 16.9 Å². The molecule has 3 nitrogen and oxygen atoms in total. The molecule has 0 bridgehead atoms. The highest BCUT2D eigenvalue weighted by atomic mass is 79.9. The molecule has 1 unspecified atom stereocenters. The monoisotopic (exact) mass is 351 g/mol. The van der Waals surface area contributed by atoms with Crippen LogP contribution in [-0.2, 0) is 9.84 Å². The summed E-state index contributed by atoms with van der Waals surface area (Å²) in [6, 6.07) is 0.240. The summed E-state index contributed by atoms with van der Waals surface area (Å²) in [6.45, 7) is 1.04.